The second kappa shape index (κ2) is 7.97. The topological polar surface area (TPSA) is 50.4 Å². The monoisotopic (exact) mass is 217 g/mol. The smallest absolute Gasteiger partial charge is 0.188 e. The molecule has 0 aliphatic rings. The van der Waals surface area contributed by atoms with E-state index in [0.717, 1.165) is 18.7 Å². The first-order valence-electron chi connectivity index (χ1n) is 5.11. The molecule has 0 aromatic carbocycles. The van der Waals surface area contributed by atoms with Gasteiger partial charge in [-0.1, -0.05) is 13.8 Å². The van der Waals surface area contributed by atoms with Crippen LogP contribution < -0.4 is 11.1 Å². The largest absolute Gasteiger partial charge is 0.370 e. The molecule has 3 N–H and O–H groups in total. The van der Waals surface area contributed by atoms with E-state index in [1.165, 1.54) is 0 Å². The molecule has 0 bridgehead atoms. The average Bonchev–Trinajstić information content (AvgIpc) is 2.11. The summed E-state index contributed by atoms with van der Waals surface area (Å²) in [5, 5.41) is 3.18. The number of nitrogens with one attached hydrogen (secondary N) is 1. The number of rotatable bonds is 6. The van der Waals surface area contributed by atoms with Gasteiger partial charge in [-0.05, 0) is 31.3 Å². The molecular formula is C10H23N3S. The summed E-state index contributed by atoms with van der Waals surface area (Å²) in [5.41, 5.74) is 5.73. The summed E-state index contributed by atoms with van der Waals surface area (Å²) >= 11 is 1.85. The molecule has 0 radical (unpaired) electrons. The van der Waals surface area contributed by atoms with E-state index in [4.69, 9.17) is 5.73 Å². The molecule has 0 heterocycles. The Kier molecular flexibility index (Phi) is 7.76. The summed E-state index contributed by atoms with van der Waals surface area (Å²) in [4.78, 5) is 4.25. The minimum absolute atomic E-state index is 0.415. The molecule has 0 spiro atoms. The Morgan fingerprint density at radius 1 is 1.43 bits per heavy atom. The summed E-state index contributed by atoms with van der Waals surface area (Å²) in [5.74, 6) is 2.30. The van der Waals surface area contributed by atoms with E-state index in [9.17, 15) is 0 Å². The molecule has 0 aliphatic carbocycles. The van der Waals surface area contributed by atoms with Crippen molar-refractivity contribution in [3.05, 3.63) is 0 Å². The number of thioether (sulfide) groups is 1. The van der Waals surface area contributed by atoms with Crippen molar-refractivity contribution in [2.24, 2.45) is 16.6 Å². The molecule has 0 amide bonds. The minimum Gasteiger partial charge on any atom is -0.370 e. The molecule has 0 aliphatic heterocycles. The lowest BCUT2D eigenvalue weighted by Gasteiger charge is -2.13. The van der Waals surface area contributed by atoms with Crippen molar-refractivity contribution in [1.82, 2.24) is 5.32 Å². The van der Waals surface area contributed by atoms with Crippen LogP contribution in [0.4, 0.5) is 0 Å². The number of hydrogen-bond acceptors (Lipinski definition) is 2. The van der Waals surface area contributed by atoms with Gasteiger partial charge < -0.3 is 11.1 Å². The molecule has 1 unspecified atom stereocenters. The highest BCUT2D eigenvalue weighted by molar-refractivity contribution is 7.98. The lowest BCUT2D eigenvalue weighted by atomic mass is 10.2. The van der Waals surface area contributed by atoms with E-state index in [1.807, 2.05) is 11.8 Å². The molecule has 4 heteroatoms. The number of nitrogens with zero attached hydrogens (tertiary/aromatic N) is 1. The van der Waals surface area contributed by atoms with Crippen molar-refractivity contribution in [3.8, 4) is 0 Å². The maximum Gasteiger partial charge on any atom is 0.188 e. The molecule has 84 valence electrons. The predicted molar refractivity (Wildman–Crippen MR) is 66.9 cm³/mol. The molecule has 0 fully saturated rings. The van der Waals surface area contributed by atoms with Crippen LogP contribution in [0.1, 0.15) is 27.2 Å². The van der Waals surface area contributed by atoms with Crippen LogP contribution in [0.15, 0.2) is 4.99 Å². The zero-order chi connectivity index (χ0) is 11.0. The number of nitrogens with two attached hydrogens (primary N) is 1. The molecular weight excluding hydrogens is 194 g/mol. The highest BCUT2D eigenvalue weighted by Gasteiger charge is 2.01. The van der Waals surface area contributed by atoms with Crippen molar-refractivity contribution in [2.75, 3.05) is 18.6 Å². The summed E-state index contributed by atoms with van der Waals surface area (Å²) in [6.07, 6.45) is 3.24. The van der Waals surface area contributed by atoms with E-state index in [1.54, 1.807) is 0 Å². The Morgan fingerprint density at radius 3 is 2.57 bits per heavy atom. The van der Waals surface area contributed by atoms with Gasteiger partial charge in [-0.15, -0.1) is 0 Å². The zero-order valence-corrected chi connectivity index (χ0v) is 10.5. The van der Waals surface area contributed by atoms with Gasteiger partial charge in [0.15, 0.2) is 5.96 Å². The van der Waals surface area contributed by atoms with Crippen LogP contribution in [-0.2, 0) is 0 Å². The Hall–Kier alpha value is -0.380. The van der Waals surface area contributed by atoms with Gasteiger partial charge >= 0.3 is 0 Å². The molecule has 0 rings (SSSR count). The fourth-order valence-electron chi connectivity index (χ4n) is 0.946. The lowest BCUT2D eigenvalue weighted by molar-refractivity contribution is 0.628. The van der Waals surface area contributed by atoms with Crippen LogP contribution >= 0.6 is 11.8 Å². The lowest BCUT2D eigenvalue weighted by Crippen LogP contribution is -2.39. The highest BCUT2D eigenvalue weighted by Crippen LogP contribution is 1.99. The first-order valence-corrected chi connectivity index (χ1v) is 6.51. The van der Waals surface area contributed by atoms with E-state index < -0.39 is 0 Å². The Balaban J connectivity index is 3.68. The molecule has 0 aromatic heterocycles. The van der Waals surface area contributed by atoms with E-state index in [-0.39, 0.29) is 0 Å². The molecule has 14 heavy (non-hydrogen) atoms. The molecule has 0 aromatic rings. The summed E-state index contributed by atoms with van der Waals surface area (Å²) in [6, 6.07) is 0.415. The summed E-state index contributed by atoms with van der Waals surface area (Å²) < 4.78 is 0. The SMILES string of the molecule is CSCCC(C)NC(N)=NCC(C)C. The Bertz CT molecular complexity index is 169. The van der Waals surface area contributed by atoms with Crippen molar-refractivity contribution < 1.29 is 0 Å². The van der Waals surface area contributed by atoms with Crippen LogP contribution in [0, 0.1) is 5.92 Å². The third kappa shape index (κ3) is 8.23. The molecule has 0 saturated heterocycles. The van der Waals surface area contributed by atoms with Gasteiger partial charge in [0.05, 0.1) is 0 Å². The average molecular weight is 217 g/mol. The second-order valence-corrected chi connectivity index (χ2v) is 4.93. The Labute approximate surface area is 91.9 Å². The summed E-state index contributed by atoms with van der Waals surface area (Å²) in [7, 11) is 0. The van der Waals surface area contributed by atoms with Gasteiger partial charge in [0.25, 0.3) is 0 Å². The number of guanidine groups is 1. The van der Waals surface area contributed by atoms with Crippen LogP contribution in [0.5, 0.6) is 0 Å². The predicted octanol–water partition coefficient (Wildman–Crippen LogP) is 1.69. The van der Waals surface area contributed by atoms with Gasteiger partial charge in [0.2, 0.25) is 0 Å². The molecule has 1 atom stereocenters. The molecule has 0 saturated carbocycles. The van der Waals surface area contributed by atoms with Gasteiger partial charge in [0.1, 0.15) is 0 Å². The first-order chi connectivity index (χ1) is 6.56. The highest BCUT2D eigenvalue weighted by atomic mass is 32.2. The van der Waals surface area contributed by atoms with Crippen LogP contribution in [0.3, 0.4) is 0 Å². The van der Waals surface area contributed by atoms with Crippen molar-refractivity contribution >= 4 is 17.7 Å². The normalized spacial score (nSPS) is 14.5. The first kappa shape index (κ1) is 13.6. The fourth-order valence-corrected chi connectivity index (χ4v) is 1.54. The number of aliphatic imine (C=N–C) groups is 1. The maximum absolute atomic E-state index is 5.73. The molecule has 3 nitrogen and oxygen atoms in total. The minimum atomic E-state index is 0.415. The van der Waals surface area contributed by atoms with Crippen molar-refractivity contribution in [2.45, 2.75) is 33.2 Å². The van der Waals surface area contributed by atoms with Crippen LogP contribution in [-0.4, -0.2) is 30.6 Å². The van der Waals surface area contributed by atoms with E-state index in [2.05, 4.69) is 37.3 Å². The van der Waals surface area contributed by atoms with Crippen LogP contribution in [0.25, 0.3) is 0 Å². The number of hydrogen-bond donors (Lipinski definition) is 2. The van der Waals surface area contributed by atoms with E-state index >= 15 is 0 Å². The van der Waals surface area contributed by atoms with E-state index in [0.29, 0.717) is 17.9 Å². The van der Waals surface area contributed by atoms with Gasteiger partial charge in [-0.3, -0.25) is 4.99 Å². The quantitative estimate of drug-likeness (QED) is 0.526. The fraction of sp³-hybridized carbons (Fsp3) is 0.900. The zero-order valence-electron chi connectivity index (χ0n) is 9.71. The van der Waals surface area contributed by atoms with Crippen molar-refractivity contribution in [1.29, 1.82) is 0 Å². The van der Waals surface area contributed by atoms with Gasteiger partial charge in [0, 0.05) is 12.6 Å². The van der Waals surface area contributed by atoms with Gasteiger partial charge in [-0.25, -0.2) is 0 Å². The maximum atomic E-state index is 5.73. The van der Waals surface area contributed by atoms with Gasteiger partial charge in [-0.2, -0.15) is 11.8 Å². The second-order valence-electron chi connectivity index (χ2n) is 3.95. The summed E-state index contributed by atoms with van der Waals surface area (Å²) in [6.45, 7) is 7.20. The van der Waals surface area contributed by atoms with Crippen molar-refractivity contribution in [3.63, 3.8) is 0 Å². The van der Waals surface area contributed by atoms with Crippen LogP contribution in [0.2, 0.25) is 0 Å². The Morgan fingerprint density at radius 2 is 2.07 bits per heavy atom. The third-order valence-electron chi connectivity index (χ3n) is 1.78. The standard InChI is InChI=1S/C10H23N3S/c1-8(2)7-12-10(11)13-9(3)5-6-14-4/h8-9H,5-7H2,1-4H3,(H3,11,12,13). The third-order valence-corrected chi connectivity index (χ3v) is 2.42.